The summed E-state index contributed by atoms with van der Waals surface area (Å²) in [5, 5.41) is 9.96. The standard InChI is InChI=1S/C11H14N4S/c1-7-6-9(10-4-3-5-16-10)15-11(12-7)13-8(2)14-15/h3-5,7,9H,6H2,1-2H3,(H,12,13,14)/t7-,9+/m0/s1. The Labute approximate surface area is 98.3 Å². The van der Waals surface area contributed by atoms with Crippen molar-refractivity contribution in [1.29, 1.82) is 0 Å². The molecule has 4 nitrogen and oxygen atoms in total. The van der Waals surface area contributed by atoms with Gasteiger partial charge in [-0.3, -0.25) is 0 Å². The topological polar surface area (TPSA) is 42.7 Å². The molecule has 0 unspecified atom stereocenters. The molecule has 3 heterocycles. The van der Waals surface area contributed by atoms with E-state index in [9.17, 15) is 0 Å². The zero-order valence-electron chi connectivity index (χ0n) is 9.34. The third-order valence-corrected chi connectivity index (χ3v) is 3.83. The molecule has 3 rings (SSSR count). The lowest BCUT2D eigenvalue weighted by Crippen LogP contribution is -2.30. The fraction of sp³-hybridized carbons (Fsp3) is 0.455. The average molecular weight is 234 g/mol. The number of aromatic nitrogens is 3. The van der Waals surface area contributed by atoms with Crippen molar-refractivity contribution in [3.63, 3.8) is 0 Å². The summed E-state index contributed by atoms with van der Waals surface area (Å²) in [5.74, 6) is 1.73. The van der Waals surface area contributed by atoms with Crippen LogP contribution >= 0.6 is 11.3 Å². The molecule has 1 N–H and O–H groups in total. The van der Waals surface area contributed by atoms with Gasteiger partial charge >= 0.3 is 0 Å². The first kappa shape index (κ1) is 9.84. The summed E-state index contributed by atoms with van der Waals surface area (Å²) in [6, 6.07) is 5.06. The molecule has 0 saturated carbocycles. The first-order chi connectivity index (χ1) is 7.74. The minimum atomic E-state index is 0.340. The molecule has 5 heteroatoms. The van der Waals surface area contributed by atoms with E-state index in [-0.39, 0.29) is 0 Å². The van der Waals surface area contributed by atoms with E-state index in [4.69, 9.17) is 0 Å². The van der Waals surface area contributed by atoms with Crippen molar-refractivity contribution < 1.29 is 0 Å². The van der Waals surface area contributed by atoms with Crippen LogP contribution in [-0.2, 0) is 0 Å². The third kappa shape index (κ3) is 1.51. The number of nitrogens with one attached hydrogen (secondary N) is 1. The van der Waals surface area contributed by atoms with E-state index >= 15 is 0 Å². The second-order valence-corrected chi connectivity index (χ2v) is 5.22. The van der Waals surface area contributed by atoms with E-state index in [1.165, 1.54) is 4.88 Å². The van der Waals surface area contributed by atoms with Crippen LogP contribution in [0.5, 0.6) is 0 Å². The summed E-state index contributed by atoms with van der Waals surface area (Å²) in [5.41, 5.74) is 0. The fourth-order valence-electron chi connectivity index (χ4n) is 2.18. The van der Waals surface area contributed by atoms with Gasteiger partial charge in [-0.1, -0.05) is 6.07 Å². The molecule has 0 bridgehead atoms. The average Bonchev–Trinajstić information content (AvgIpc) is 2.83. The fourth-order valence-corrected chi connectivity index (χ4v) is 3.00. The highest BCUT2D eigenvalue weighted by Gasteiger charge is 2.27. The minimum Gasteiger partial charge on any atom is -0.352 e. The van der Waals surface area contributed by atoms with E-state index < -0.39 is 0 Å². The van der Waals surface area contributed by atoms with Gasteiger partial charge in [0.05, 0.1) is 6.04 Å². The summed E-state index contributed by atoms with van der Waals surface area (Å²) < 4.78 is 2.02. The number of fused-ring (bicyclic) bond motifs is 1. The highest BCUT2D eigenvalue weighted by atomic mass is 32.1. The molecule has 1 aliphatic rings. The van der Waals surface area contributed by atoms with Crippen LogP contribution in [0.15, 0.2) is 17.5 Å². The van der Waals surface area contributed by atoms with Gasteiger partial charge in [0.1, 0.15) is 5.82 Å². The van der Waals surface area contributed by atoms with Crippen LogP contribution in [0, 0.1) is 6.92 Å². The Bertz CT molecular complexity index is 488. The molecule has 1 aliphatic heterocycles. The van der Waals surface area contributed by atoms with Gasteiger partial charge in [-0.15, -0.1) is 11.3 Å². The van der Waals surface area contributed by atoms with E-state index in [2.05, 4.69) is 39.8 Å². The largest absolute Gasteiger partial charge is 0.352 e. The van der Waals surface area contributed by atoms with Gasteiger partial charge < -0.3 is 5.32 Å². The lowest BCUT2D eigenvalue weighted by Gasteiger charge is -2.28. The normalized spacial score (nSPS) is 23.9. The van der Waals surface area contributed by atoms with Gasteiger partial charge in [0.2, 0.25) is 5.95 Å². The SMILES string of the molecule is Cc1nc2n(n1)[C@@H](c1cccs1)C[C@H](C)N2. The highest BCUT2D eigenvalue weighted by molar-refractivity contribution is 7.10. The van der Waals surface area contributed by atoms with E-state index in [1.807, 2.05) is 11.6 Å². The molecule has 0 saturated heterocycles. The Morgan fingerprint density at radius 1 is 1.56 bits per heavy atom. The van der Waals surface area contributed by atoms with Crippen LogP contribution < -0.4 is 5.32 Å². The van der Waals surface area contributed by atoms with Crippen molar-refractivity contribution in [2.24, 2.45) is 0 Å². The quantitative estimate of drug-likeness (QED) is 0.824. The van der Waals surface area contributed by atoms with Crippen LogP contribution in [0.3, 0.4) is 0 Å². The highest BCUT2D eigenvalue weighted by Crippen LogP contribution is 2.33. The number of thiophene rings is 1. The molecule has 0 fully saturated rings. The van der Waals surface area contributed by atoms with Gasteiger partial charge in [-0.25, -0.2) is 4.68 Å². The maximum absolute atomic E-state index is 4.47. The maximum atomic E-state index is 4.47. The summed E-state index contributed by atoms with van der Waals surface area (Å²) in [4.78, 5) is 5.77. The summed E-state index contributed by atoms with van der Waals surface area (Å²) >= 11 is 1.79. The van der Waals surface area contributed by atoms with Crippen molar-refractivity contribution in [2.45, 2.75) is 32.4 Å². The predicted octanol–water partition coefficient (Wildman–Crippen LogP) is 2.44. The van der Waals surface area contributed by atoms with E-state index in [0.29, 0.717) is 12.1 Å². The summed E-state index contributed by atoms with van der Waals surface area (Å²) in [6.07, 6.45) is 1.07. The van der Waals surface area contributed by atoms with Crippen molar-refractivity contribution in [3.8, 4) is 0 Å². The molecule has 0 amide bonds. The zero-order chi connectivity index (χ0) is 11.1. The molecule has 2 aromatic heterocycles. The van der Waals surface area contributed by atoms with E-state index in [0.717, 1.165) is 18.2 Å². The lowest BCUT2D eigenvalue weighted by atomic mass is 10.1. The van der Waals surface area contributed by atoms with Crippen LogP contribution in [0.4, 0.5) is 5.95 Å². The molecule has 84 valence electrons. The Morgan fingerprint density at radius 3 is 3.19 bits per heavy atom. The molecular formula is C11H14N4S. The first-order valence-corrected chi connectivity index (χ1v) is 6.35. The van der Waals surface area contributed by atoms with Crippen molar-refractivity contribution in [1.82, 2.24) is 14.8 Å². The number of hydrogen-bond acceptors (Lipinski definition) is 4. The van der Waals surface area contributed by atoms with Gasteiger partial charge in [0.25, 0.3) is 0 Å². The molecule has 0 radical (unpaired) electrons. The molecule has 0 aromatic carbocycles. The monoisotopic (exact) mass is 234 g/mol. The molecule has 0 spiro atoms. The van der Waals surface area contributed by atoms with Crippen molar-refractivity contribution in [3.05, 3.63) is 28.2 Å². The maximum Gasteiger partial charge on any atom is 0.222 e. The number of hydrogen-bond donors (Lipinski definition) is 1. The summed E-state index contributed by atoms with van der Waals surface area (Å²) in [6.45, 7) is 4.12. The number of anilines is 1. The first-order valence-electron chi connectivity index (χ1n) is 5.47. The second kappa shape index (κ2) is 3.59. The number of rotatable bonds is 1. The van der Waals surface area contributed by atoms with Crippen molar-refractivity contribution in [2.75, 3.05) is 5.32 Å². The third-order valence-electron chi connectivity index (χ3n) is 2.86. The van der Waals surface area contributed by atoms with Gasteiger partial charge in [0.15, 0.2) is 0 Å². The lowest BCUT2D eigenvalue weighted by molar-refractivity contribution is 0.442. The minimum absolute atomic E-state index is 0.340. The molecular weight excluding hydrogens is 220 g/mol. The van der Waals surface area contributed by atoms with Gasteiger partial charge in [0, 0.05) is 10.9 Å². The van der Waals surface area contributed by atoms with E-state index in [1.54, 1.807) is 11.3 Å². The number of aryl methyl sites for hydroxylation is 1. The Morgan fingerprint density at radius 2 is 2.44 bits per heavy atom. The Hall–Kier alpha value is -1.36. The van der Waals surface area contributed by atoms with Gasteiger partial charge in [-0.2, -0.15) is 10.1 Å². The molecule has 16 heavy (non-hydrogen) atoms. The molecule has 2 atom stereocenters. The predicted molar refractivity (Wildman–Crippen MR) is 64.9 cm³/mol. The molecule has 2 aromatic rings. The van der Waals surface area contributed by atoms with Crippen LogP contribution in [0.1, 0.15) is 30.1 Å². The van der Waals surface area contributed by atoms with Gasteiger partial charge in [-0.05, 0) is 31.7 Å². The second-order valence-electron chi connectivity index (χ2n) is 4.24. The van der Waals surface area contributed by atoms with Crippen LogP contribution in [0.25, 0.3) is 0 Å². The molecule has 0 aliphatic carbocycles. The Balaban J connectivity index is 2.06. The number of nitrogens with zero attached hydrogens (tertiary/aromatic N) is 3. The van der Waals surface area contributed by atoms with Crippen LogP contribution in [-0.4, -0.2) is 20.8 Å². The Kier molecular flexibility index (Phi) is 2.21. The smallest absolute Gasteiger partial charge is 0.222 e. The van der Waals surface area contributed by atoms with Crippen LogP contribution in [0.2, 0.25) is 0 Å². The zero-order valence-corrected chi connectivity index (χ0v) is 10.2. The summed E-state index contributed by atoms with van der Waals surface area (Å²) in [7, 11) is 0. The van der Waals surface area contributed by atoms with Crippen molar-refractivity contribution >= 4 is 17.3 Å².